The first-order valence-corrected chi connectivity index (χ1v) is 5.05. The van der Waals surface area contributed by atoms with Gasteiger partial charge in [0.1, 0.15) is 0 Å². The minimum Gasteiger partial charge on any atom is -0.326 e. The van der Waals surface area contributed by atoms with Crippen LogP contribution in [0.1, 0.15) is 18.1 Å². The predicted octanol–water partition coefficient (Wildman–Crippen LogP) is 2.86. The predicted molar refractivity (Wildman–Crippen MR) is 61.2 cm³/mol. The third-order valence-corrected chi connectivity index (χ3v) is 2.67. The number of aryl methyl sites for hydroxylation is 1. The zero-order valence-corrected chi connectivity index (χ0v) is 8.46. The molecule has 0 radical (unpaired) electrons. The van der Waals surface area contributed by atoms with Crippen molar-refractivity contribution in [3.63, 3.8) is 0 Å². The van der Waals surface area contributed by atoms with Gasteiger partial charge in [-0.1, -0.05) is 37.3 Å². The van der Waals surface area contributed by atoms with Crippen LogP contribution in [0, 0.1) is 0 Å². The molecule has 2 aromatic rings. The van der Waals surface area contributed by atoms with Crippen molar-refractivity contribution in [3.8, 4) is 0 Å². The van der Waals surface area contributed by atoms with Crippen molar-refractivity contribution in [1.82, 2.24) is 0 Å². The molecule has 0 unspecified atom stereocenters. The SMILES string of the molecule is CCc1cc2ccccc2cc1CN. The van der Waals surface area contributed by atoms with Crippen LogP contribution in [0.4, 0.5) is 0 Å². The van der Waals surface area contributed by atoms with Crippen LogP contribution in [0.5, 0.6) is 0 Å². The minimum absolute atomic E-state index is 0.633. The summed E-state index contributed by atoms with van der Waals surface area (Å²) in [6, 6.07) is 12.9. The van der Waals surface area contributed by atoms with Gasteiger partial charge in [-0.15, -0.1) is 0 Å². The van der Waals surface area contributed by atoms with Gasteiger partial charge in [-0.25, -0.2) is 0 Å². The molecule has 1 heteroatoms. The second-order valence-corrected chi connectivity index (χ2v) is 3.53. The van der Waals surface area contributed by atoms with E-state index in [1.807, 2.05) is 0 Å². The van der Waals surface area contributed by atoms with E-state index in [1.54, 1.807) is 0 Å². The fraction of sp³-hybridized carbons (Fsp3) is 0.231. The molecule has 1 nitrogen and oxygen atoms in total. The Bertz CT molecular complexity index is 403. The highest BCUT2D eigenvalue weighted by Gasteiger charge is 2.01. The molecule has 0 spiro atoms. The maximum absolute atomic E-state index is 5.72. The Morgan fingerprint density at radius 3 is 2.07 bits per heavy atom. The van der Waals surface area contributed by atoms with Crippen molar-refractivity contribution in [1.29, 1.82) is 0 Å². The highest BCUT2D eigenvalue weighted by molar-refractivity contribution is 5.84. The van der Waals surface area contributed by atoms with Crippen molar-refractivity contribution < 1.29 is 0 Å². The van der Waals surface area contributed by atoms with Crippen LogP contribution in [0.3, 0.4) is 0 Å². The van der Waals surface area contributed by atoms with Gasteiger partial charge in [-0.2, -0.15) is 0 Å². The Labute approximate surface area is 84.5 Å². The molecule has 0 heterocycles. The number of benzene rings is 2. The van der Waals surface area contributed by atoms with Crippen molar-refractivity contribution in [2.75, 3.05) is 0 Å². The summed E-state index contributed by atoms with van der Waals surface area (Å²) < 4.78 is 0. The minimum atomic E-state index is 0.633. The first-order chi connectivity index (χ1) is 6.85. The average Bonchev–Trinajstić information content (AvgIpc) is 2.27. The number of hydrogen-bond donors (Lipinski definition) is 1. The highest BCUT2D eigenvalue weighted by Crippen LogP contribution is 2.20. The molecule has 0 bridgehead atoms. The van der Waals surface area contributed by atoms with Gasteiger partial charge in [0.15, 0.2) is 0 Å². The lowest BCUT2D eigenvalue weighted by molar-refractivity contribution is 1.01. The molecule has 2 N–H and O–H groups in total. The molecule has 2 aromatic carbocycles. The third-order valence-electron chi connectivity index (χ3n) is 2.67. The average molecular weight is 185 g/mol. The maximum atomic E-state index is 5.72. The molecule has 0 aromatic heterocycles. The largest absolute Gasteiger partial charge is 0.326 e. The lowest BCUT2D eigenvalue weighted by Crippen LogP contribution is -2.00. The molecule has 0 fully saturated rings. The monoisotopic (exact) mass is 185 g/mol. The summed E-state index contributed by atoms with van der Waals surface area (Å²) in [5.74, 6) is 0. The van der Waals surface area contributed by atoms with Crippen LogP contribution < -0.4 is 5.73 Å². The molecule has 0 saturated heterocycles. The van der Waals surface area contributed by atoms with Gasteiger partial charge in [0.2, 0.25) is 0 Å². The van der Waals surface area contributed by atoms with Gasteiger partial charge in [-0.05, 0) is 34.4 Å². The van der Waals surface area contributed by atoms with Gasteiger partial charge in [-0.3, -0.25) is 0 Å². The standard InChI is InChI=1S/C13H15N/c1-2-10-7-11-5-3-4-6-12(11)8-13(10)9-14/h3-8H,2,9,14H2,1H3. The number of nitrogens with two attached hydrogens (primary N) is 1. The number of fused-ring (bicyclic) bond motifs is 1. The molecule has 72 valence electrons. The van der Waals surface area contributed by atoms with E-state index in [2.05, 4.69) is 43.3 Å². The summed E-state index contributed by atoms with van der Waals surface area (Å²) in [7, 11) is 0. The maximum Gasteiger partial charge on any atom is 0.0181 e. The Morgan fingerprint density at radius 1 is 1.00 bits per heavy atom. The molecule has 0 aliphatic heterocycles. The third kappa shape index (κ3) is 1.51. The normalized spacial score (nSPS) is 10.7. The van der Waals surface area contributed by atoms with E-state index in [4.69, 9.17) is 5.73 Å². The van der Waals surface area contributed by atoms with Crippen LogP contribution in [0.15, 0.2) is 36.4 Å². The summed E-state index contributed by atoms with van der Waals surface area (Å²) in [6.45, 7) is 2.80. The topological polar surface area (TPSA) is 26.0 Å². The molecule has 0 aliphatic carbocycles. The molecule has 0 amide bonds. The summed E-state index contributed by atoms with van der Waals surface area (Å²) in [5.41, 5.74) is 8.35. The van der Waals surface area contributed by atoms with E-state index in [-0.39, 0.29) is 0 Å². The summed E-state index contributed by atoms with van der Waals surface area (Å²) in [5, 5.41) is 2.59. The van der Waals surface area contributed by atoms with E-state index >= 15 is 0 Å². The number of hydrogen-bond acceptors (Lipinski definition) is 1. The van der Waals surface area contributed by atoms with E-state index < -0.39 is 0 Å². The summed E-state index contributed by atoms with van der Waals surface area (Å²) >= 11 is 0. The van der Waals surface area contributed by atoms with Crippen LogP contribution in [-0.4, -0.2) is 0 Å². The van der Waals surface area contributed by atoms with Crippen LogP contribution >= 0.6 is 0 Å². The molecule has 0 aliphatic rings. The first-order valence-electron chi connectivity index (χ1n) is 5.05. The number of rotatable bonds is 2. The van der Waals surface area contributed by atoms with Crippen molar-refractivity contribution in [2.45, 2.75) is 19.9 Å². The molecule has 14 heavy (non-hydrogen) atoms. The Balaban J connectivity index is 2.69. The summed E-state index contributed by atoms with van der Waals surface area (Å²) in [4.78, 5) is 0. The second kappa shape index (κ2) is 3.81. The highest BCUT2D eigenvalue weighted by atomic mass is 14.5. The van der Waals surface area contributed by atoms with E-state index in [0.717, 1.165) is 6.42 Å². The molecular formula is C13H15N. The molecule has 0 saturated carbocycles. The lowest BCUT2D eigenvalue weighted by Gasteiger charge is -2.07. The van der Waals surface area contributed by atoms with Gasteiger partial charge in [0, 0.05) is 6.54 Å². The summed E-state index contributed by atoms with van der Waals surface area (Å²) in [6.07, 6.45) is 1.05. The van der Waals surface area contributed by atoms with Crippen LogP contribution in [0.25, 0.3) is 10.8 Å². The van der Waals surface area contributed by atoms with Gasteiger partial charge in [0.25, 0.3) is 0 Å². The second-order valence-electron chi connectivity index (χ2n) is 3.53. The van der Waals surface area contributed by atoms with E-state index in [1.165, 1.54) is 21.9 Å². The Morgan fingerprint density at radius 2 is 1.57 bits per heavy atom. The first kappa shape index (κ1) is 9.22. The van der Waals surface area contributed by atoms with Gasteiger partial charge < -0.3 is 5.73 Å². The van der Waals surface area contributed by atoms with Gasteiger partial charge in [0.05, 0.1) is 0 Å². The molecular weight excluding hydrogens is 170 g/mol. The quantitative estimate of drug-likeness (QED) is 0.765. The fourth-order valence-corrected chi connectivity index (χ4v) is 1.85. The van der Waals surface area contributed by atoms with Crippen molar-refractivity contribution in [3.05, 3.63) is 47.5 Å². The Kier molecular flexibility index (Phi) is 2.51. The lowest BCUT2D eigenvalue weighted by atomic mass is 9.99. The smallest absolute Gasteiger partial charge is 0.0181 e. The van der Waals surface area contributed by atoms with Crippen LogP contribution in [-0.2, 0) is 13.0 Å². The molecule has 2 rings (SSSR count). The van der Waals surface area contributed by atoms with E-state index in [0.29, 0.717) is 6.54 Å². The van der Waals surface area contributed by atoms with Crippen LogP contribution in [0.2, 0.25) is 0 Å². The Hall–Kier alpha value is -1.34. The zero-order chi connectivity index (χ0) is 9.97. The van der Waals surface area contributed by atoms with Crippen molar-refractivity contribution in [2.24, 2.45) is 5.73 Å². The fourth-order valence-electron chi connectivity index (χ4n) is 1.85. The van der Waals surface area contributed by atoms with E-state index in [9.17, 15) is 0 Å². The van der Waals surface area contributed by atoms with Gasteiger partial charge >= 0.3 is 0 Å². The molecule has 0 atom stereocenters. The zero-order valence-electron chi connectivity index (χ0n) is 8.46. The van der Waals surface area contributed by atoms with Crippen molar-refractivity contribution >= 4 is 10.8 Å².